The third kappa shape index (κ3) is 3.54. The summed E-state index contributed by atoms with van der Waals surface area (Å²) in [6, 6.07) is 10.9. The number of anilines is 1. The van der Waals surface area contributed by atoms with Crippen LogP contribution in [0.3, 0.4) is 0 Å². The number of nitrogens with two attached hydrogens (primary N) is 1. The maximum absolute atomic E-state index is 13.1. The molecule has 1 aliphatic rings. The van der Waals surface area contributed by atoms with E-state index >= 15 is 0 Å². The first-order chi connectivity index (χ1) is 11.9. The summed E-state index contributed by atoms with van der Waals surface area (Å²) >= 11 is 0. The molecule has 1 heterocycles. The molecule has 4 heteroatoms. The molecule has 0 aromatic heterocycles. The number of hydrogen-bond acceptors (Lipinski definition) is 3. The minimum absolute atomic E-state index is 0.0362. The van der Waals surface area contributed by atoms with Gasteiger partial charge in [-0.15, -0.1) is 0 Å². The highest BCUT2D eigenvalue weighted by Crippen LogP contribution is 2.30. The lowest BCUT2D eigenvalue weighted by atomic mass is 9.92. The fraction of sp³-hybridized carbons (Fsp3) is 0.381. The van der Waals surface area contributed by atoms with E-state index in [4.69, 9.17) is 5.73 Å². The van der Waals surface area contributed by atoms with Crippen LogP contribution in [-0.2, 0) is 17.6 Å². The molecule has 2 aromatic carbocycles. The quantitative estimate of drug-likeness (QED) is 0.904. The van der Waals surface area contributed by atoms with Crippen molar-refractivity contribution in [3.8, 4) is 5.75 Å². The van der Waals surface area contributed by atoms with Gasteiger partial charge in [-0.05, 0) is 73.1 Å². The molecule has 2 aromatic rings. The lowest BCUT2D eigenvalue weighted by Crippen LogP contribution is -2.48. The standard InChI is InChI=1S/C21H26N2O2/c1-13-8-16-6-4-5-7-20(16)23(12-13)21(25)19(22)11-18-14(2)9-17(24)10-15(18)3/h4-7,9-10,13,19,24H,8,11-12,22H2,1-3H3. The minimum Gasteiger partial charge on any atom is -0.508 e. The smallest absolute Gasteiger partial charge is 0.244 e. The molecule has 4 nitrogen and oxygen atoms in total. The molecule has 0 fully saturated rings. The summed E-state index contributed by atoms with van der Waals surface area (Å²) in [5.74, 6) is 0.631. The number of carbonyl (C=O) groups is 1. The fourth-order valence-corrected chi connectivity index (χ4v) is 3.81. The van der Waals surface area contributed by atoms with E-state index in [0.717, 1.165) is 28.8 Å². The number of para-hydroxylation sites is 1. The van der Waals surface area contributed by atoms with Gasteiger partial charge in [0.05, 0.1) is 6.04 Å². The Morgan fingerprint density at radius 1 is 1.28 bits per heavy atom. The van der Waals surface area contributed by atoms with Crippen molar-refractivity contribution in [3.63, 3.8) is 0 Å². The molecule has 2 unspecified atom stereocenters. The Morgan fingerprint density at radius 2 is 1.92 bits per heavy atom. The van der Waals surface area contributed by atoms with Crippen molar-refractivity contribution in [2.75, 3.05) is 11.4 Å². The maximum atomic E-state index is 13.1. The summed E-state index contributed by atoms with van der Waals surface area (Å²) in [6.45, 7) is 6.75. The number of fused-ring (bicyclic) bond motifs is 1. The molecule has 0 spiro atoms. The van der Waals surface area contributed by atoms with Gasteiger partial charge in [-0.25, -0.2) is 0 Å². The zero-order valence-corrected chi connectivity index (χ0v) is 15.1. The van der Waals surface area contributed by atoms with Gasteiger partial charge in [0.25, 0.3) is 0 Å². The first-order valence-corrected chi connectivity index (χ1v) is 8.80. The maximum Gasteiger partial charge on any atom is 0.244 e. The molecule has 0 saturated carbocycles. The molecule has 0 bridgehead atoms. The van der Waals surface area contributed by atoms with Crippen LogP contribution in [0.4, 0.5) is 5.69 Å². The lowest BCUT2D eigenvalue weighted by molar-refractivity contribution is -0.120. The van der Waals surface area contributed by atoms with E-state index in [9.17, 15) is 9.90 Å². The van der Waals surface area contributed by atoms with Crippen LogP contribution < -0.4 is 10.6 Å². The second kappa shape index (κ2) is 6.89. The highest BCUT2D eigenvalue weighted by atomic mass is 16.3. The summed E-state index contributed by atoms with van der Waals surface area (Å²) in [6.07, 6.45) is 1.47. The van der Waals surface area contributed by atoms with Crippen LogP contribution in [0.25, 0.3) is 0 Å². The molecule has 1 aliphatic heterocycles. The normalized spacial score (nSPS) is 17.9. The van der Waals surface area contributed by atoms with Gasteiger partial charge in [0, 0.05) is 12.2 Å². The van der Waals surface area contributed by atoms with Gasteiger partial charge in [0.2, 0.25) is 5.91 Å². The third-order valence-electron chi connectivity index (χ3n) is 5.03. The first kappa shape index (κ1) is 17.5. The Bertz CT molecular complexity index is 777. The van der Waals surface area contributed by atoms with Gasteiger partial charge in [0.1, 0.15) is 5.75 Å². The highest BCUT2D eigenvalue weighted by molar-refractivity contribution is 5.98. The average molecular weight is 338 g/mol. The molecule has 2 atom stereocenters. The minimum atomic E-state index is -0.597. The number of hydrogen-bond donors (Lipinski definition) is 2. The van der Waals surface area contributed by atoms with Gasteiger partial charge < -0.3 is 15.7 Å². The molecular weight excluding hydrogens is 312 g/mol. The number of nitrogens with zero attached hydrogens (tertiary/aromatic N) is 1. The van der Waals surface area contributed by atoms with Crippen molar-refractivity contribution in [1.29, 1.82) is 0 Å². The van der Waals surface area contributed by atoms with Gasteiger partial charge in [0.15, 0.2) is 0 Å². The van der Waals surface area contributed by atoms with Crippen LogP contribution in [0.15, 0.2) is 36.4 Å². The molecule has 3 N–H and O–H groups in total. The number of carbonyl (C=O) groups excluding carboxylic acids is 1. The monoisotopic (exact) mass is 338 g/mol. The second-order valence-electron chi connectivity index (χ2n) is 7.26. The molecular formula is C21H26N2O2. The highest BCUT2D eigenvalue weighted by Gasteiger charge is 2.29. The number of rotatable bonds is 3. The predicted octanol–water partition coefficient (Wildman–Crippen LogP) is 3.10. The second-order valence-corrected chi connectivity index (χ2v) is 7.26. The van der Waals surface area contributed by atoms with Crippen molar-refractivity contribution < 1.29 is 9.90 Å². The van der Waals surface area contributed by atoms with Crippen molar-refractivity contribution in [3.05, 3.63) is 58.7 Å². The summed E-state index contributed by atoms with van der Waals surface area (Å²) in [4.78, 5) is 14.9. The summed E-state index contributed by atoms with van der Waals surface area (Å²) in [7, 11) is 0. The molecule has 0 saturated heterocycles. The predicted molar refractivity (Wildman–Crippen MR) is 101 cm³/mol. The number of amides is 1. The van der Waals surface area contributed by atoms with Crippen LogP contribution in [0.5, 0.6) is 5.75 Å². The van der Waals surface area contributed by atoms with Gasteiger partial charge in [-0.1, -0.05) is 25.1 Å². The van der Waals surface area contributed by atoms with Crippen LogP contribution in [0, 0.1) is 19.8 Å². The Balaban J connectivity index is 1.84. The van der Waals surface area contributed by atoms with E-state index in [2.05, 4.69) is 13.0 Å². The summed E-state index contributed by atoms with van der Waals surface area (Å²) in [5, 5.41) is 9.70. The Kier molecular flexibility index (Phi) is 4.82. The van der Waals surface area contributed by atoms with Crippen LogP contribution in [0.2, 0.25) is 0 Å². The number of aromatic hydroxyl groups is 1. The molecule has 25 heavy (non-hydrogen) atoms. The molecule has 0 aliphatic carbocycles. The number of aryl methyl sites for hydroxylation is 2. The third-order valence-corrected chi connectivity index (χ3v) is 5.03. The Hall–Kier alpha value is -2.33. The lowest BCUT2D eigenvalue weighted by Gasteiger charge is -2.34. The number of benzene rings is 2. The Morgan fingerprint density at radius 3 is 2.60 bits per heavy atom. The van der Waals surface area contributed by atoms with Crippen molar-refractivity contribution in [1.82, 2.24) is 0 Å². The summed E-state index contributed by atoms with van der Waals surface area (Å²) in [5.41, 5.74) is 11.5. The largest absolute Gasteiger partial charge is 0.508 e. The van der Waals surface area contributed by atoms with Crippen molar-refractivity contribution in [2.24, 2.45) is 11.7 Å². The van der Waals surface area contributed by atoms with E-state index in [0.29, 0.717) is 18.9 Å². The van der Waals surface area contributed by atoms with Crippen molar-refractivity contribution in [2.45, 2.75) is 39.7 Å². The first-order valence-electron chi connectivity index (χ1n) is 8.80. The van der Waals surface area contributed by atoms with Crippen LogP contribution in [0.1, 0.15) is 29.2 Å². The van der Waals surface area contributed by atoms with Gasteiger partial charge >= 0.3 is 0 Å². The fourth-order valence-electron chi connectivity index (χ4n) is 3.81. The van der Waals surface area contributed by atoms with Crippen LogP contribution in [-0.4, -0.2) is 23.6 Å². The number of phenols is 1. The molecule has 0 radical (unpaired) electrons. The summed E-state index contributed by atoms with van der Waals surface area (Å²) < 4.78 is 0. The van der Waals surface area contributed by atoms with E-state index < -0.39 is 6.04 Å². The SMILES string of the molecule is Cc1cc(O)cc(C)c1CC(N)C(=O)N1CC(C)Cc2ccccc21. The Labute approximate surface area is 149 Å². The number of phenolic OH excluding ortho intramolecular Hbond substituents is 1. The molecule has 3 rings (SSSR count). The topological polar surface area (TPSA) is 66.6 Å². The van der Waals surface area contributed by atoms with Gasteiger partial charge in [-0.3, -0.25) is 4.79 Å². The van der Waals surface area contributed by atoms with E-state index in [1.807, 2.05) is 36.9 Å². The van der Waals surface area contributed by atoms with E-state index in [1.54, 1.807) is 12.1 Å². The molecule has 132 valence electrons. The van der Waals surface area contributed by atoms with Crippen molar-refractivity contribution >= 4 is 11.6 Å². The van der Waals surface area contributed by atoms with Crippen LogP contribution >= 0.6 is 0 Å². The van der Waals surface area contributed by atoms with E-state index in [1.165, 1.54) is 5.56 Å². The van der Waals surface area contributed by atoms with Gasteiger partial charge in [-0.2, -0.15) is 0 Å². The average Bonchev–Trinajstić information content (AvgIpc) is 2.56. The zero-order chi connectivity index (χ0) is 18.1. The zero-order valence-electron chi connectivity index (χ0n) is 15.1. The van der Waals surface area contributed by atoms with E-state index in [-0.39, 0.29) is 11.7 Å². The molecule has 1 amide bonds.